The zero-order chi connectivity index (χ0) is 14.5. The normalized spacial score (nSPS) is 11.8. The maximum atomic E-state index is 12.2. The van der Waals surface area contributed by atoms with E-state index in [9.17, 15) is 4.79 Å². The SMILES string of the molecule is C#CCn1ncc(Cl)c(NC(CC)c2nccs2)c1=O. The first kappa shape index (κ1) is 14.6. The van der Waals surface area contributed by atoms with Crippen molar-refractivity contribution in [3.63, 3.8) is 0 Å². The van der Waals surface area contributed by atoms with Crippen molar-refractivity contribution in [3.8, 4) is 12.3 Å². The van der Waals surface area contributed by atoms with Crippen LogP contribution in [0.3, 0.4) is 0 Å². The largest absolute Gasteiger partial charge is 0.370 e. The highest BCUT2D eigenvalue weighted by molar-refractivity contribution is 7.09. The van der Waals surface area contributed by atoms with Gasteiger partial charge in [-0.3, -0.25) is 4.79 Å². The van der Waals surface area contributed by atoms with Gasteiger partial charge in [-0.2, -0.15) is 5.10 Å². The van der Waals surface area contributed by atoms with Gasteiger partial charge in [0.15, 0.2) is 0 Å². The monoisotopic (exact) mass is 308 g/mol. The van der Waals surface area contributed by atoms with Crippen LogP contribution in [0.4, 0.5) is 5.69 Å². The minimum Gasteiger partial charge on any atom is -0.370 e. The van der Waals surface area contributed by atoms with Crippen molar-refractivity contribution in [3.05, 3.63) is 38.2 Å². The average Bonchev–Trinajstić information content (AvgIpc) is 2.96. The number of aromatic nitrogens is 3. The molecule has 0 aliphatic heterocycles. The Hall–Kier alpha value is -1.84. The first-order valence-electron chi connectivity index (χ1n) is 6.02. The van der Waals surface area contributed by atoms with Crippen molar-refractivity contribution < 1.29 is 0 Å². The van der Waals surface area contributed by atoms with Gasteiger partial charge in [0.1, 0.15) is 17.2 Å². The highest BCUT2D eigenvalue weighted by Crippen LogP contribution is 2.25. The Morgan fingerprint density at radius 1 is 1.65 bits per heavy atom. The van der Waals surface area contributed by atoms with Crippen molar-refractivity contribution in [2.24, 2.45) is 0 Å². The van der Waals surface area contributed by atoms with Crippen LogP contribution in [0.1, 0.15) is 24.4 Å². The molecule has 7 heteroatoms. The fourth-order valence-corrected chi connectivity index (χ4v) is 2.67. The summed E-state index contributed by atoms with van der Waals surface area (Å²) in [4.78, 5) is 16.5. The Kier molecular flexibility index (Phi) is 4.77. The van der Waals surface area contributed by atoms with Gasteiger partial charge < -0.3 is 5.32 Å². The van der Waals surface area contributed by atoms with E-state index in [1.807, 2.05) is 12.3 Å². The third-order valence-corrected chi connectivity index (χ3v) is 3.89. The fraction of sp³-hybridized carbons (Fsp3) is 0.308. The molecule has 0 aromatic carbocycles. The number of nitrogens with one attached hydrogen (secondary N) is 1. The van der Waals surface area contributed by atoms with E-state index in [0.717, 1.165) is 11.4 Å². The van der Waals surface area contributed by atoms with Crippen molar-refractivity contribution in [2.75, 3.05) is 5.32 Å². The molecule has 20 heavy (non-hydrogen) atoms. The molecular formula is C13H13ClN4OS. The minimum absolute atomic E-state index is 0.0677. The second-order valence-electron chi connectivity index (χ2n) is 4.01. The van der Waals surface area contributed by atoms with Crippen LogP contribution in [0.2, 0.25) is 5.02 Å². The highest BCUT2D eigenvalue weighted by Gasteiger charge is 2.17. The molecule has 0 fully saturated rings. The third-order valence-electron chi connectivity index (χ3n) is 2.71. The van der Waals surface area contributed by atoms with Gasteiger partial charge >= 0.3 is 0 Å². The lowest BCUT2D eigenvalue weighted by Crippen LogP contribution is -2.27. The maximum absolute atomic E-state index is 12.2. The van der Waals surface area contributed by atoms with E-state index < -0.39 is 0 Å². The molecule has 0 saturated heterocycles. The Morgan fingerprint density at radius 2 is 2.45 bits per heavy atom. The Bertz CT molecular complexity index is 675. The van der Waals surface area contributed by atoms with E-state index in [1.54, 1.807) is 6.20 Å². The van der Waals surface area contributed by atoms with Gasteiger partial charge in [0.25, 0.3) is 5.56 Å². The van der Waals surface area contributed by atoms with Crippen LogP contribution in [0.25, 0.3) is 0 Å². The number of halogens is 1. The first-order valence-corrected chi connectivity index (χ1v) is 7.28. The summed E-state index contributed by atoms with van der Waals surface area (Å²) in [6.07, 6.45) is 9.13. The molecule has 0 aliphatic rings. The van der Waals surface area contributed by atoms with Crippen LogP contribution in [0.5, 0.6) is 0 Å². The molecule has 0 saturated carbocycles. The lowest BCUT2D eigenvalue weighted by molar-refractivity contribution is 0.658. The molecule has 5 nitrogen and oxygen atoms in total. The topological polar surface area (TPSA) is 59.8 Å². The zero-order valence-corrected chi connectivity index (χ0v) is 12.4. The molecule has 0 bridgehead atoms. The summed E-state index contributed by atoms with van der Waals surface area (Å²) in [5.74, 6) is 2.39. The Morgan fingerprint density at radius 3 is 3.05 bits per heavy atom. The van der Waals surface area contributed by atoms with Crippen LogP contribution < -0.4 is 10.9 Å². The molecule has 0 aliphatic carbocycles. The highest BCUT2D eigenvalue weighted by atomic mass is 35.5. The number of terminal acetylenes is 1. The minimum atomic E-state index is -0.328. The van der Waals surface area contributed by atoms with Gasteiger partial charge in [-0.1, -0.05) is 24.4 Å². The lowest BCUT2D eigenvalue weighted by atomic mass is 10.2. The summed E-state index contributed by atoms with van der Waals surface area (Å²) in [6.45, 7) is 2.12. The summed E-state index contributed by atoms with van der Waals surface area (Å²) in [5, 5.41) is 10.1. The van der Waals surface area contributed by atoms with E-state index in [0.29, 0.717) is 5.69 Å². The summed E-state index contributed by atoms with van der Waals surface area (Å²) >= 11 is 7.58. The molecule has 0 spiro atoms. The predicted molar refractivity (Wildman–Crippen MR) is 81.1 cm³/mol. The summed E-state index contributed by atoms with van der Waals surface area (Å²) in [5.41, 5.74) is -0.0237. The number of anilines is 1. The van der Waals surface area contributed by atoms with Crippen molar-refractivity contribution in [1.29, 1.82) is 0 Å². The van der Waals surface area contributed by atoms with Crippen molar-refractivity contribution in [1.82, 2.24) is 14.8 Å². The van der Waals surface area contributed by atoms with E-state index in [2.05, 4.69) is 21.3 Å². The molecule has 2 aromatic rings. The van der Waals surface area contributed by atoms with E-state index in [-0.39, 0.29) is 23.2 Å². The van der Waals surface area contributed by atoms with E-state index in [4.69, 9.17) is 18.0 Å². The quantitative estimate of drug-likeness (QED) is 0.862. The smallest absolute Gasteiger partial charge is 0.292 e. The van der Waals surface area contributed by atoms with Crippen LogP contribution in [-0.4, -0.2) is 14.8 Å². The van der Waals surface area contributed by atoms with E-state index >= 15 is 0 Å². The van der Waals surface area contributed by atoms with Crippen LogP contribution >= 0.6 is 22.9 Å². The van der Waals surface area contributed by atoms with Gasteiger partial charge in [0, 0.05) is 11.6 Å². The summed E-state index contributed by atoms with van der Waals surface area (Å²) < 4.78 is 1.20. The number of hydrogen-bond acceptors (Lipinski definition) is 5. The average molecular weight is 309 g/mol. The number of thiazole rings is 1. The molecule has 104 valence electrons. The van der Waals surface area contributed by atoms with Gasteiger partial charge in [0.2, 0.25) is 0 Å². The second-order valence-corrected chi connectivity index (χ2v) is 5.34. The van der Waals surface area contributed by atoms with Crippen LogP contribution in [0.15, 0.2) is 22.6 Å². The number of rotatable bonds is 5. The van der Waals surface area contributed by atoms with Crippen LogP contribution in [-0.2, 0) is 6.54 Å². The summed E-state index contributed by atoms with van der Waals surface area (Å²) in [7, 11) is 0. The number of hydrogen-bond donors (Lipinski definition) is 1. The Labute approximate surface area is 125 Å². The molecule has 2 rings (SSSR count). The van der Waals surface area contributed by atoms with Crippen LogP contribution in [0, 0.1) is 12.3 Å². The standard InChI is InChI=1S/C13H13ClN4OS/c1-3-6-18-13(19)11(9(14)8-16-18)17-10(4-2)12-15-5-7-20-12/h1,5,7-8,10,17H,4,6H2,2H3. The Balaban J connectivity index is 2.35. The lowest BCUT2D eigenvalue weighted by Gasteiger charge is -2.16. The molecular weight excluding hydrogens is 296 g/mol. The van der Waals surface area contributed by atoms with Gasteiger partial charge in [-0.05, 0) is 6.42 Å². The molecule has 2 heterocycles. The van der Waals surface area contributed by atoms with Gasteiger partial charge in [-0.15, -0.1) is 17.8 Å². The van der Waals surface area contributed by atoms with Crippen molar-refractivity contribution >= 4 is 28.6 Å². The zero-order valence-electron chi connectivity index (χ0n) is 10.8. The second kappa shape index (κ2) is 6.55. The van der Waals surface area contributed by atoms with Crippen molar-refractivity contribution in [2.45, 2.75) is 25.9 Å². The predicted octanol–water partition coefficient (Wildman–Crippen LogP) is 2.55. The third kappa shape index (κ3) is 3.00. The molecule has 1 unspecified atom stereocenters. The van der Waals surface area contributed by atoms with Gasteiger partial charge in [0.05, 0.1) is 17.3 Å². The maximum Gasteiger partial charge on any atom is 0.292 e. The summed E-state index contributed by atoms with van der Waals surface area (Å²) in [6, 6.07) is -0.0677. The molecule has 0 radical (unpaired) electrons. The number of nitrogens with zero attached hydrogens (tertiary/aromatic N) is 3. The molecule has 1 atom stereocenters. The van der Waals surface area contributed by atoms with Gasteiger partial charge in [-0.25, -0.2) is 9.67 Å². The van der Waals surface area contributed by atoms with E-state index in [1.165, 1.54) is 22.2 Å². The fourth-order valence-electron chi connectivity index (χ4n) is 1.72. The molecule has 0 amide bonds. The first-order chi connectivity index (χ1) is 9.67. The molecule has 2 aromatic heterocycles. The molecule has 1 N–H and O–H groups in total.